The second-order valence-electron chi connectivity index (χ2n) is 7.75. The molecule has 6 nitrogen and oxygen atoms in total. The van der Waals surface area contributed by atoms with Crippen molar-refractivity contribution in [1.82, 2.24) is 14.9 Å². The summed E-state index contributed by atoms with van der Waals surface area (Å²) in [6.07, 6.45) is 5.78. The van der Waals surface area contributed by atoms with Gasteiger partial charge in [0.2, 0.25) is 0 Å². The molecule has 0 saturated carbocycles. The van der Waals surface area contributed by atoms with Crippen LogP contribution in [0.3, 0.4) is 0 Å². The highest BCUT2D eigenvalue weighted by Gasteiger charge is 2.11. The molecule has 1 aromatic heterocycles. The lowest BCUT2D eigenvalue weighted by Gasteiger charge is -2.13. The van der Waals surface area contributed by atoms with Crippen LogP contribution in [0.4, 0.5) is 10.5 Å². The quantitative estimate of drug-likeness (QED) is 0.362. The molecule has 0 unspecified atom stereocenters. The second-order valence-corrected chi connectivity index (χ2v) is 7.75. The number of carbonyl (C=O) groups is 1. The predicted molar refractivity (Wildman–Crippen MR) is 130 cm³/mol. The summed E-state index contributed by atoms with van der Waals surface area (Å²) >= 11 is 0. The average molecular weight is 435 g/mol. The maximum absolute atomic E-state index is 12.1. The molecule has 0 saturated heterocycles. The van der Waals surface area contributed by atoms with Gasteiger partial charge < -0.3 is 19.9 Å². The normalized spacial score (nSPS) is 10.8. The van der Waals surface area contributed by atoms with Gasteiger partial charge in [0.05, 0.1) is 18.6 Å². The molecule has 0 spiro atoms. The first kappa shape index (κ1) is 23.5. The first-order chi connectivity index (χ1) is 15.7. The van der Waals surface area contributed by atoms with Crippen LogP contribution in [0, 0.1) is 0 Å². The first-order valence-electron chi connectivity index (χ1n) is 11.5. The number of aryl methyl sites for hydroxylation is 1. The summed E-state index contributed by atoms with van der Waals surface area (Å²) < 4.78 is 8.15. The third-order valence-electron chi connectivity index (χ3n) is 5.36. The minimum Gasteiger partial charge on any atom is -0.377 e. The summed E-state index contributed by atoms with van der Waals surface area (Å²) in [7, 11) is 0. The zero-order valence-corrected chi connectivity index (χ0v) is 19.1. The highest BCUT2D eigenvalue weighted by molar-refractivity contribution is 5.90. The molecule has 2 amide bonds. The van der Waals surface area contributed by atoms with Crippen LogP contribution in [-0.4, -0.2) is 28.7 Å². The van der Waals surface area contributed by atoms with E-state index in [1.807, 2.05) is 48.8 Å². The number of nitrogens with one attached hydrogen (secondary N) is 2. The Hall–Kier alpha value is -3.12. The van der Waals surface area contributed by atoms with Gasteiger partial charge in [0.25, 0.3) is 0 Å². The maximum atomic E-state index is 12.1. The molecule has 1 heterocycles. The van der Waals surface area contributed by atoms with Gasteiger partial charge in [-0.05, 0) is 25.3 Å². The Labute approximate surface area is 191 Å². The number of urea groups is 1. The van der Waals surface area contributed by atoms with Gasteiger partial charge in [0.1, 0.15) is 0 Å². The van der Waals surface area contributed by atoms with Gasteiger partial charge in [-0.25, -0.2) is 9.78 Å². The molecular formula is C26H34N4O2. The van der Waals surface area contributed by atoms with Gasteiger partial charge in [0, 0.05) is 42.2 Å². The number of amides is 2. The Bertz CT molecular complexity index is 969. The number of aromatic nitrogens is 2. The lowest BCUT2D eigenvalue weighted by atomic mass is 10.1. The number of nitrogens with zero attached hydrogens (tertiary/aromatic N) is 2. The largest absolute Gasteiger partial charge is 0.377 e. The smallest absolute Gasteiger partial charge is 0.319 e. The van der Waals surface area contributed by atoms with E-state index in [1.54, 1.807) is 0 Å². The minimum absolute atomic E-state index is 0.174. The second kappa shape index (κ2) is 12.7. The topological polar surface area (TPSA) is 68.2 Å². The number of hydrogen-bond donors (Lipinski definition) is 2. The van der Waals surface area contributed by atoms with Crippen molar-refractivity contribution in [1.29, 1.82) is 0 Å². The summed E-state index contributed by atoms with van der Waals surface area (Å²) in [5, 5.41) is 5.81. The molecular weight excluding hydrogens is 400 g/mol. The van der Waals surface area contributed by atoms with Crippen molar-refractivity contribution in [3.63, 3.8) is 0 Å². The van der Waals surface area contributed by atoms with Gasteiger partial charge in [-0.15, -0.1) is 0 Å². The van der Waals surface area contributed by atoms with Gasteiger partial charge in [-0.2, -0.15) is 0 Å². The van der Waals surface area contributed by atoms with E-state index < -0.39 is 0 Å². The summed E-state index contributed by atoms with van der Waals surface area (Å²) in [6, 6.07) is 17.9. The van der Waals surface area contributed by atoms with E-state index in [0.717, 1.165) is 54.7 Å². The highest BCUT2D eigenvalue weighted by atomic mass is 16.5. The van der Waals surface area contributed by atoms with Crippen LogP contribution in [0.25, 0.3) is 11.3 Å². The lowest BCUT2D eigenvalue weighted by molar-refractivity contribution is 0.116. The average Bonchev–Trinajstić information content (AvgIpc) is 3.23. The summed E-state index contributed by atoms with van der Waals surface area (Å²) in [6.45, 7) is 6.91. The standard InChI is InChI=1S/C26H34N4O2/c1-3-5-16-27-26(31)29-23-15-10-9-14-22(23)19-32-18-11-17-30-20-28-25(24(30)4-2)21-12-7-6-8-13-21/h6-10,12-15,20H,3-5,11,16-19H2,1-2H3,(H2,27,29,31). The molecule has 170 valence electrons. The number of unbranched alkanes of at least 4 members (excludes halogenated alkanes) is 1. The fourth-order valence-corrected chi connectivity index (χ4v) is 3.64. The van der Waals surface area contributed by atoms with Gasteiger partial charge in [-0.1, -0.05) is 68.8 Å². The zero-order valence-electron chi connectivity index (χ0n) is 19.1. The molecule has 32 heavy (non-hydrogen) atoms. The summed E-state index contributed by atoms with van der Waals surface area (Å²) in [5.74, 6) is 0. The number of imidazole rings is 1. The summed E-state index contributed by atoms with van der Waals surface area (Å²) in [4.78, 5) is 16.7. The Morgan fingerprint density at radius 1 is 1.03 bits per heavy atom. The van der Waals surface area contributed by atoms with Crippen LogP contribution in [0.1, 0.15) is 44.4 Å². The highest BCUT2D eigenvalue weighted by Crippen LogP contribution is 2.23. The molecule has 3 rings (SSSR count). The first-order valence-corrected chi connectivity index (χ1v) is 11.5. The van der Waals surface area contributed by atoms with Crippen LogP contribution in [0.5, 0.6) is 0 Å². The van der Waals surface area contributed by atoms with Gasteiger partial charge >= 0.3 is 6.03 Å². The molecule has 0 bridgehead atoms. The fraction of sp³-hybridized carbons (Fsp3) is 0.385. The Balaban J connectivity index is 1.47. The molecule has 0 radical (unpaired) electrons. The van der Waals surface area contributed by atoms with Crippen molar-refractivity contribution < 1.29 is 9.53 Å². The number of benzene rings is 2. The number of anilines is 1. The predicted octanol–water partition coefficient (Wildman–Crippen LogP) is 5.64. The maximum Gasteiger partial charge on any atom is 0.319 e. The monoisotopic (exact) mass is 434 g/mol. The van der Waals surface area contributed by atoms with Crippen LogP contribution in [0.15, 0.2) is 60.9 Å². The Morgan fingerprint density at radius 3 is 2.59 bits per heavy atom. The Morgan fingerprint density at radius 2 is 1.81 bits per heavy atom. The molecule has 0 aliphatic heterocycles. The number of ether oxygens (including phenoxy) is 1. The van der Waals surface area contributed by atoms with Crippen molar-refractivity contribution in [3.05, 3.63) is 72.2 Å². The number of rotatable bonds is 12. The van der Waals surface area contributed by atoms with Crippen LogP contribution in [0.2, 0.25) is 0 Å². The van der Waals surface area contributed by atoms with Crippen molar-refractivity contribution in [2.24, 2.45) is 0 Å². The van der Waals surface area contributed by atoms with E-state index in [4.69, 9.17) is 4.74 Å². The van der Waals surface area contributed by atoms with Gasteiger partial charge in [0.15, 0.2) is 0 Å². The van der Waals surface area contributed by atoms with Crippen LogP contribution in [-0.2, 0) is 24.3 Å². The van der Waals surface area contributed by atoms with E-state index in [1.165, 1.54) is 5.69 Å². The number of hydrogen-bond acceptors (Lipinski definition) is 3. The van der Waals surface area contributed by atoms with E-state index in [0.29, 0.717) is 19.8 Å². The molecule has 2 N–H and O–H groups in total. The van der Waals surface area contributed by atoms with Crippen molar-refractivity contribution >= 4 is 11.7 Å². The van der Waals surface area contributed by atoms with E-state index in [2.05, 4.69) is 46.2 Å². The lowest BCUT2D eigenvalue weighted by Crippen LogP contribution is -2.29. The number of para-hydroxylation sites is 1. The number of carbonyl (C=O) groups excluding carboxylic acids is 1. The third kappa shape index (κ3) is 6.69. The molecule has 6 heteroatoms. The molecule has 0 aliphatic rings. The molecule has 0 fully saturated rings. The van der Waals surface area contributed by atoms with Gasteiger partial charge in [-0.3, -0.25) is 0 Å². The Kier molecular flexibility index (Phi) is 9.32. The van der Waals surface area contributed by atoms with Crippen LogP contribution < -0.4 is 10.6 Å². The van der Waals surface area contributed by atoms with Crippen molar-refractivity contribution in [2.75, 3.05) is 18.5 Å². The fourth-order valence-electron chi connectivity index (χ4n) is 3.64. The van der Waals surface area contributed by atoms with E-state index in [-0.39, 0.29) is 6.03 Å². The molecule has 0 aliphatic carbocycles. The molecule has 3 aromatic rings. The molecule has 2 aromatic carbocycles. The zero-order chi connectivity index (χ0) is 22.6. The van der Waals surface area contributed by atoms with E-state index in [9.17, 15) is 4.79 Å². The summed E-state index contributed by atoms with van der Waals surface area (Å²) in [5.41, 5.74) is 5.23. The molecule has 0 atom stereocenters. The SMILES string of the molecule is CCCCNC(=O)Nc1ccccc1COCCCn1cnc(-c2ccccc2)c1CC. The van der Waals surface area contributed by atoms with Crippen molar-refractivity contribution in [2.45, 2.75) is 52.7 Å². The van der Waals surface area contributed by atoms with E-state index >= 15 is 0 Å². The van der Waals surface area contributed by atoms with Crippen molar-refractivity contribution in [3.8, 4) is 11.3 Å². The third-order valence-corrected chi connectivity index (χ3v) is 5.36. The van der Waals surface area contributed by atoms with Crippen LogP contribution >= 0.6 is 0 Å². The minimum atomic E-state index is -0.174.